The first-order chi connectivity index (χ1) is 5.74. The minimum atomic E-state index is 0.103. The van der Waals surface area contributed by atoms with Gasteiger partial charge in [0.05, 0.1) is 4.34 Å². The third kappa shape index (κ3) is 2.75. The summed E-state index contributed by atoms with van der Waals surface area (Å²) in [6.07, 6.45) is 1.91. The van der Waals surface area contributed by atoms with Gasteiger partial charge in [0.25, 0.3) is 0 Å². The van der Waals surface area contributed by atoms with E-state index in [1.165, 1.54) is 0 Å². The molecule has 1 atom stereocenters. The standard InChI is InChI=1S/C8H13ClN2S/c9-8-4-3-7(12-8)6(11)2-1-5-10/h3-4,6H,1-2,5,10-11H2/t6-/m0/s1. The van der Waals surface area contributed by atoms with Crippen molar-refractivity contribution in [3.05, 3.63) is 21.3 Å². The molecule has 1 aromatic heterocycles. The second kappa shape index (κ2) is 4.82. The van der Waals surface area contributed by atoms with Crippen LogP contribution in [0.5, 0.6) is 0 Å². The molecule has 68 valence electrons. The summed E-state index contributed by atoms with van der Waals surface area (Å²) < 4.78 is 0.799. The lowest BCUT2D eigenvalue weighted by molar-refractivity contribution is 0.626. The average molecular weight is 205 g/mol. The van der Waals surface area contributed by atoms with Crippen LogP contribution >= 0.6 is 22.9 Å². The van der Waals surface area contributed by atoms with Gasteiger partial charge in [-0.25, -0.2) is 0 Å². The van der Waals surface area contributed by atoms with Crippen LogP contribution in [0, 0.1) is 0 Å². The van der Waals surface area contributed by atoms with E-state index in [0.717, 1.165) is 22.1 Å². The molecule has 0 aliphatic rings. The highest BCUT2D eigenvalue weighted by Gasteiger charge is 2.07. The molecular weight excluding hydrogens is 192 g/mol. The Morgan fingerprint density at radius 3 is 2.75 bits per heavy atom. The first-order valence-corrected chi connectivity index (χ1v) is 5.14. The molecule has 0 unspecified atom stereocenters. The summed E-state index contributed by atoms with van der Waals surface area (Å²) in [5.41, 5.74) is 11.3. The summed E-state index contributed by atoms with van der Waals surface area (Å²) in [6.45, 7) is 0.701. The number of thiophene rings is 1. The van der Waals surface area contributed by atoms with E-state index >= 15 is 0 Å². The van der Waals surface area contributed by atoms with Crippen LogP contribution in [0.2, 0.25) is 4.34 Å². The Bertz CT molecular complexity index is 237. The second-order valence-corrected chi connectivity index (χ2v) is 4.43. The summed E-state index contributed by atoms with van der Waals surface area (Å²) in [4.78, 5) is 1.15. The fraction of sp³-hybridized carbons (Fsp3) is 0.500. The minimum absolute atomic E-state index is 0.103. The molecule has 1 rings (SSSR count). The number of hydrogen-bond acceptors (Lipinski definition) is 3. The predicted molar refractivity (Wildman–Crippen MR) is 54.5 cm³/mol. The van der Waals surface area contributed by atoms with Crippen molar-refractivity contribution in [2.24, 2.45) is 11.5 Å². The Morgan fingerprint density at radius 1 is 1.50 bits per heavy atom. The minimum Gasteiger partial charge on any atom is -0.330 e. The number of halogens is 1. The smallest absolute Gasteiger partial charge is 0.0931 e. The highest BCUT2D eigenvalue weighted by molar-refractivity contribution is 7.16. The molecule has 1 aromatic rings. The summed E-state index contributed by atoms with van der Waals surface area (Å²) >= 11 is 7.32. The van der Waals surface area contributed by atoms with E-state index in [1.807, 2.05) is 12.1 Å². The molecule has 0 saturated heterocycles. The maximum Gasteiger partial charge on any atom is 0.0931 e. The van der Waals surface area contributed by atoms with Gasteiger partial charge in [-0.3, -0.25) is 0 Å². The average Bonchev–Trinajstić information content (AvgIpc) is 2.47. The largest absolute Gasteiger partial charge is 0.330 e. The fourth-order valence-corrected chi connectivity index (χ4v) is 2.10. The fourth-order valence-electron chi connectivity index (χ4n) is 1.01. The summed E-state index contributed by atoms with van der Waals surface area (Å²) in [5.74, 6) is 0. The monoisotopic (exact) mass is 204 g/mol. The highest BCUT2D eigenvalue weighted by Crippen LogP contribution is 2.27. The van der Waals surface area contributed by atoms with Gasteiger partial charge in [-0.05, 0) is 31.5 Å². The van der Waals surface area contributed by atoms with E-state index in [4.69, 9.17) is 23.1 Å². The molecule has 0 fully saturated rings. The zero-order valence-electron chi connectivity index (χ0n) is 6.79. The Morgan fingerprint density at radius 2 is 2.25 bits per heavy atom. The topological polar surface area (TPSA) is 52.0 Å². The van der Waals surface area contributed by atoms with Crippen LogP contribution < -0.4 is 11.5 Å². The number of hydrogen-bond donors (Lipinski definition) is 2. The molecule has 0 bridgehead atoms. The zero-order chi connectivity index (χ0) is 8.97. The van der Waals surface area contributed by atoms with E-state index in [-0.39, 0.29) is 6.04 Å². The summed E-state index contributed by atoms with van der Waals surface area (Å²) in [5, 5.41) is 0. The summed E-state index contributed by atoms with van der Waals surface area (Å²) in [6, 6.07) is 3.96. The molecule has 0 aliphatic carbocycles. The van der Waals surface area contributed by atoms with Crippen LogP contribution in [0.3, 0.4) is 0 Å². The SMILES string of the molecule is NCCC[C@H](N)c1ccc(Cl)s1. The first-order valence-electron chi connectivity index (χ1n) is 3.95. The number of rotatable bonds is 4. The molecule has 0 aromatic carbocycles. The van der Waals surface area contributed by atoms with E-state index in [9.17, 15) is 0 Å². The van der Waals surface area contributed by atoms with E-state index in [0.29, 0.717) is 6.54 Å². The lowest BCUT2D eigenvalue weighted by Crippen LogP contribution is -2.10. The Balaban J connectivity index is 2.47. The molecule has 0 saturated carbocycles. The van der Waals surface area contributed by atoms with Crippen molar-refractivity contribution in [1.82, 2.24) is 0 Å². The molecular formula is C8H13ClN2S. The van der Waals surface area contributed by atoms with Crippen molar-refractivity contribution in [2.75, 3.05) is 6.54 Å². The van der Waals surface area contributed by atoms with Crippen LogP contribution in [0.15, 0.2) is 12.1 Å². The quantitative estimate of drug-likeness (QED) is 0.790. The lowest BCUT2D eigenvalue weighted by atomic mass is 10.1. The van der Waals surface area contributed by atoms with Gasteiger partial charge in [-0.1, -0.05) is 11.6 Å². The highest BCUT2D eigenvalue weighted by atomic mass is 35.5. The maximum atomic E-state index is 5.89. The molecule has 1 heterocycles. The van der Waals surface area contributed by atoms with Crippen LogP contribution in [0.4, 0.5) is 0 Å². The van der Waals surface area contributed by atoms with Gasteiger partial charge >= 0.3 is 0 Å². The molecule has 4 heteroatoms. The van der Waals surface area contributed by atoms with E-state index < -0.39 is 0 Å². The molecule has 2 nitrogen and oxygen atoms in total. The second-order valence-electron chi connectivity index (χ2n) is 2.68. The Kier molecular flexibility index (Phi) is 4.01. The zero-order valence-corrected chi connectivity index (χ0v) is 8.37. The van der Waals surface area contributed by atoms with Crippen molar-refractivity contribution in [2.45, 2.75) is 18.9 Å². The Hall–Kier alpha value is -0.0900. The van der Waals surface area contributed by atoms with E-state index in [2.05, 4.69) is 0 Å². The van der Waals surface area contributed by atoms with Crippen LogP contribution in [0.25, 0.3) is 0 Å². The molecule has 0 spiro atoms. The van der Waals surface area contributed by atoms with Gasteiger partial charge in [0.2, 0.25) is 0 Å². The van der Waals surface area contributed by atoms with Crippen molar-refractivity contribution < 1.29 is 0 Å². The van der Waals surface area contributed by atoms with Crippen LogP contribution in [0.1, 0.15) is 23.8 Å². The van der Waals surface area contributed by atoms with Gasteiger partial charge in [0.15, 0.2) is 0 Å². The van der Waals surface area contributed by atoms with Gasteiger partial charge in [-0.15, -0.1) is 11.3 Å². The molecule has 0 aliphatic heterocycles. The predicted octanol–water partition coefficient (Wildman–Crippen LogP) is 2.14. The van der Waals surface area contributed by atoms with Crippen molar-refractivity contribution >= 4 is 22.9 Å². The van der Waals surface area contributed by atoms with Gasteiger partial charge in [-0.2, -0.15) is 0 Å². The van der Waals surface area contributed by atoms with Gasteiger partial charge in [0.1, 0.15) is 0 Å². The van der Waals surface area contributed by atoms with Gasteiger partial charge in [0, 0.05) is 10.9 Å². The van der Waals surface area contributed by atoms with Crippen molar-refractivity contribution in [3.8, 4) is 0 Å². The van der Waals surface area contributed by atoms with Crippen LogP contribution in [-0.2, 0) is 0 Å². The molecule has 4 N–H and O–H groups in total. The molecule has 0 amide bonds. The lowest BCUT2D eigenvalue weighted by Gasteiger charge is -2.07. The van der Waals surface area contributed by atoms with E-state index in [1.54, 1.807) is 11.3 Å². The maximum absolute atomic E-state index is 5.89. The molecule has 12 heavy (non-hydrogen) atoms. The normalized spacial score (nSPS) is 13.2. The van der Waals surface area contributed by atoms with Gasteiger partial charge < -0.3 is 11.5 Å². The van der Waals surface area contributed by atoms with Crippen molar-refractivity contribution in [1.29, 1.82) is 0 Å². The van der Waals surface area contributed by atoms with Crippen LogP contribution in [-0.4, -0.2) is 6.54 Å². The number of nitrogens with two attached hydrogens (primary N) is 2. The first kappa shape index (κ1) is 9.99. The third-order valence-electron chi connectivity index (χ3n) is 1.68. The molecule has 0 radical (unpaired) electrons. The summed E-state index contributed by atoms with van der Waals surface area (Å²) in [7, 11) is 0. The Labute approximate surface area is 81.5 Å². The third-order valence-corrected chi connectivity index (χ3v) is 3.04. The van der Waals surface area contributed by atoms with Crippen molar-refractivity contribution in [3.63, 3.8) is 0 Å².